The SMILES string of the molecule is CN(C(=O)OCC(F)(F)F)C1CN(C(=O)C2CCN(c3ccc(C#N)cn3)CC2)CC1c1ccc(Cl)cc1. The van der Waals surface area contributed by atoms with Crippen molar-refractivity contribution in [3.05, 3.63) is 58.7 Å². The fourth-order valence-electron chi connectivity index (χ4n) is 5.03. The van der Waals surface area contributed by atoms with Gasteiger partial charge in [0.15, 0.2) is 6.61 Å². The van der Waals surface area contributed by atoms with E-state index in [1.807, 2.05) is 6.07 Å². The first kappa shape index (κ1) is 27.5. The summed E-state index contributed by atoms with van der Waals surface area (Å²) in [6.07, 6.45) is -2.99. The number of amides is 2. The Morgan fingerprint density at radius 3 is 2.42 bits per heavy atom. The molecule has 38 heavy (non-hydrogen) atoms. The first-order valence-corrected chi connectivity index (χ1v) is 12.5. The number of ether oxygens (including phenoxy) is 1. The third kappa shape index (κ3) is 6.48. The van der Waals surface area contributed by atoms with Crippen molar-refractivity contribution in [1.82, 2.24) is 14.8 Å². The highest BCUT2D eigenvalue weighted by Crippen LogP contribution is 2.34. The number of likely N-dealkylation sites (N-methyl/N-ethyl adjacent to an activating group) is 1. The average molecular weight is 550 g/mol. The number of piperidine rings is 1. The summed E-state index contributed by atoms with van der Waals surface area (Å²) in [5.41, 5.74) is 1.30. The van der Waals surface area contributed by atoms with Crippen LogP contribution in [0, 0.1) is 17.2 Å². The van der Waals surface area contributed by atoms with E-state index in [1.54, 1.807) is 41.3 Å². The molecule has 202 valence electrons. The van der Waals surface area contributed by atoms with Gasteiger partial charge in [-0.2, -0.15) is 18.4 Å². The number of pyridine rings is 1. The monoisotopic (exact) mass is 549 g/mol. The molecule has 4 rings (SSSR count). The molecule has 2 unspecified atom stereocenters. The maximum absolute atomic E-state index is 13.5. The van der Waals surface area contributed by atoms with Crippen molar-refractivity contribution in [3.63, 3.8) is 0 Å². The highest BCUT2D eigenvalue weighted by atomic mass is 35.5. The van der Waals surface area contributed by atoms with E-state index in [9.17, 15) is 22.8 Å². The Labute approximate surface area is 223 Å². The Hall–Kier alpha value is -3.52. The Balaban J connectivity index is 1.43. The van der Waals surface area contributed by atoms with Crippen LogP contribution in [0.15, 0.2) is 42.6 Å². The molecule has 8 nitrogen and oxygen atoms in total. The molecule has 2 saturated heterocycles. The molecule has 0 bridgehead atoms. The van der Waals surface area contributed by atoms with Gasteiger partial charge in [-0.25, -0.2) is 9.78 Å². The summed E-state index contributed by atoms with van der Waals surface area (Å²) in [5, 5.41) is 9.48. The number of carbonyl (C=O) groups is 2. The minimum absolute atomic E-state index is 0.0454. The summed E-state index contributed by atoms with van der Waals surface area (Å²) in [7, 11) is 1.39. The molecule has 2 amide bonds. The minimum Gasteiger partial charge on any atom is -0.440 e. The summed E-state index contributed by atoms with van der Waals surface area (Å²) in [4.78, 5) is 35.2. The molecule has 1 aromatic carbocycles. The Bertz CT molecular complexity index is 1180. The number of benzene rings is 1. The number of halogens is 4. The standard InChI is InChI=1S/C26H27ClF3N5O3/c1-33(25(37)38-16-26(28,29)30)22-15-35(14-21(22)18-3-5-20(27)6-4-18)24(36)19-8-10-34(11-9-19)23-7-2-17(12-31)13-32-23/h2-7,13,19,21-22H,8-11,14-16H2,1H3. The molecule has 0 N–H and O–H groups in total. The van der Waals surface area contributed by atoms with E-state index >= 15 is 0 Å². The molecule has 2 atom stereocenters. The quantitative estimate of drug-likeness (QED) is 0.547. The van der Waals surface area contributed by atoms with Crippen LogP contribution in [-0.2, 0) is 9.53 Å². The first-order chi connectivity index (χ1) is 18.1. The van der Waals surface area contributed by atoms with Gasteiger partial charge in [-0.15, -0.1) is 0 Å². The van der Waals surface area contributed by atoms with Gasteiger partial charge >= 0.3 is 12.3 Å². The fourth-order valence-corrected chi connectivity index (χ4v) is 5.16. The maximum atomic E-state index is 13.5. The number of nitriles is 1. The van der Waals surface area contributed by atoms with Crippen LogP contribution in [-0.4, -0.2) is 78.8 Å². The molecule has 0 radical (unpaired) electrons. The summed E-state index contributed by atoms with van der Waals surface area (Å²) in [6, 6.07) is 12.0. The van der Waals surface area contributed by atoms with E-state index in [1.165, 1.54) is 13.2 Å². The average Bonchev–Trinajstić information content (AvgIpc) is 3.36. The molecule has 2 aliphatic rings. The third-order valence-corrected chi connectivity index (χ3v) is 7.34. The normalized spacial score (nSPS) is 20.2. The molecule has 3 heterocycles. The van der Waals surface area contributed by atoms with Crippen LogP contribution in [0.1, 0.15) is 29.9 Å². The number of hydrogen-bond donors (Lipinski definition) is 0. The van der Waals surface area contributed by atoms with Crippen LogP contribution in [0.3, 0.4) is 0 Å². The molecule has 1 aromatic heterocycles. The predicted molar refractivity (Wildman–Crippen MR) is 134 cm³/mol. The molecule has 12 heteroatoms. The van der Waals surface area contributed by atoms with E-state index in [0.717, 1.165) is 16.3 Å². The Morgan fingerprint density at radius 1 is 1.16 bits per heavy atom. The second-order valence-electron chi connectivity index (χ2n) is 9.53. The Morgan fingerprint density at radius 2 is 1.84 bits per heavy atom. The van der Waals surface area contributed by atoms with Crippen LogP contribution >= 0.6 is 11.6 Å². The molecule has 2 fully saturated rings. The van der Waals surface area contributed by atoms with Crippen molar-refractivity contribution in [1.29, 1.82) is 5.26 Å². The second kappa shape index (κ2) is 11.5. The summed E-state index contributed by atoms with van der Waals surface area (Å²) in [5.74, 6) is 0.160. The molecule has 2 aromatic rings. The van der Waals surface area contributed by atoms with E-state index in [4.69, 9.17) is 16.9 Å². The lowest BCUT2D eigenvalue weighted by atomic mass is 9.93. The lowest BCUT2D eigenvalue weighted by Gasteiger charge is -2.34. The maximum Gasteiger partial charge on any atom is 0.422 e. The number of hydrogen-bond acceptors (Lipinski definition) is 6. The van der Waals surface area contributed by atoms with Crippen LogP contribution in [0.2, 0.25) is 5.02 Å². The fraction of sp³-hybridized carbons (Fsp3) is 0.462. The third-order valence-electron chi connectivity index (χ3n) is 7.09. The van der Waals surface area contributed by atoms with E-state index < -0.39 is 24.9 Å². The van der Waals surface area contributed by atoms with Crippen LogP contribution in [0.25, 0.3) is 0 Å². The van der Waals surface area contributed by atoms with Gasteiger partial charge in [0.2, 0.25) is 5.91 Å². The van der Waals surface area contributed by atoms with Gasteiger partial charge < -0.3 is 19.4 Å². The summed E-state index contributed by atoms with van der Waals surface area (Å²) in [6.45, 7) is 0.0675. The molecule has 0 saturated carbocycles. The first-order valence-electron chi connectivity index (χ1n) is 12.2. The second-order valence-corrected chi connectivity index (χ2v) is 9.96. The van der Waals surface area contributed by atoms with Crippen molar-refractivity contribution in [2.75, 3.05) is 44.7 Å². The summed E-state index contributed by atoms with van der Waals surface area (Å²) < 4.78 is 42.3. The highest BCUT2D eigenvalue weighted by molar-refractivity contribution is 6.30. The topological polar surface area (TPSA) is 89.8 Å². The van der Waals surface area contributed by atoms with Gasteiger partial charge in [-0.1, -0.05) is 23.7 Å². The van der Waals surface area contributed by atoms with E-state index in [-0.39, 0.29) is 24.3 Å². The van der Waals surface area contributed by atoms with Crippen molar-refractivity contribution >= 4 is 29.4 Å². The van der Waals surface area contributed by atoms with Gasteiger partial charge in [0.25, 0.3) is 0 Å². The number of rotatable bonds is 5. The van der Waals surface area contributed by atoms with Crippen LogP contribution in [0.4, 0.5) is 23.8 Å². The predicted octanol–water partition coefficient (Wildman–Crippen LogP) is 4.45. The summed E-state index contributed by atoms with van der Waals surface area (Å²) >= 11 is 6.03. The molecule has 0 aliphatic carbocycles. The van der Waals surface area contributed by atoms with Crippen molar-refractivity contribution in [2.24, 2.45) is 5.92 Å². The molecular weight excluding hydrogens is 523 g/mol. The van der Waals surface area contributed by atoms with Crippen LogP contribution in [0.5, 0.6) is 0 Å². The smallest absolute Gasteiger partial charge is 0.422 e. The lowest BCUT2D eigenvalue weighted by molar-refractivity contribution is -0.162. The number of aromatic nitrogens is 1. The van der Waals surface area contributed by atoms with E-state index in [2.05, 4.69) is 14.6 Å². The van der Waals surface area contributed by atoms with Gasteiger partial charge in [0, 0.05) is 56.3 Å². The van der Waals surface area contributed by atoms with Gasteiger partial charge in [0.1, 0.15) is 11.9 Å². The zero-order valence-corrected chi connectivity index (χ0v) is 21.5. The number of carbonyl (C=O) groups excluding carboxylic acids is 2. The number of alkyl halides is 3. The van der Waals surface area contributed by atoms with Crippen molar-refractivity contribution in [2.45, 2.75) is 31.0 Å². The lowest BCUT2D eigenvalue weighted by Crippen LogP contribution is -2.45. The molecule has 2 aliphatic heterocycles. The minimum atomic E-state index is -4.63. The largest absolute Gasteiger partial charge is 0.440 e. The van der Waals surface area contributed by atoms with E-state index in [0.29, 0.717) is 43.1 Å². The zero-order valence-electron chi connectivity index (χ0n) is 20.7. The zero-order chi connectivity index (χ0) is 27.4. The number of likely N-dealkylation sites (tertiary alicyclic amines) is 1. The van der Waals surface area contributed by atoms with Crippen molar-refractivity contribution in [3.8, 4) is 6.07 Å². The highest BCUT2D eigenvalue weighted by Gasteiger charge is 2.43. The van der Waals surface area contributed by atoms with Gasteiger partial charge in [-0.3, -0.25) is 4.79 Å². The van der Waals surface area contributed by atoms with Crippen LogP contribution < -0.4 is 4.90 Å². The molecular formula is C26H27ClF3N5O3. The van der Waals surface area contributed by atoms with Crippen molar-refractivity contribution < 1.29 is 27.5 Å². The van der Waals surface area contributed by atoms with Gasteiger partial charge in [-0.05, 0) is 42.7 Å². The molecule has 0 spiro atoms. The number of anilines is 1. The number of nitrogens with zero attached hydrogens (tertiary/aromatic N) is 5. The Kier molecular flexibility index (Phi) is 8.31. The van der Waals surface area contributed by atoms with Gasteiger partial charge in [0.05, 0.1) is 11.6 Å².